The number of nitrogens with zero attached hydrogens (tertiary/aromatic N) is 2. The molecule has 0 aliphatic rings. The van der Waals surface area contributed by atoms with Crippen LogP contribution in [0.4, 0.5) is 5.82 Å². The van der Waals surface area contributed by atoms with E-state index in [1.54, 1.807) is 30.5 Å². The molecule has 0 aliphatic heterocycles. The molecule has 112 valence electrons. The lowest BCUT2D eigenvalue weighted by Gasteiger charge is -2.16. The van der Waals surface area contributed by atoms with Crippen molar-refractivity contribution in [3.05, 3.63) is 53.2 Å². The van der Waals surface area contributed by atoms with Gasteiger partial charge in [-0.3, -0.25) is 0 Å². The molecule has 0 fully saturated rings. The van der Waals surface area contributed by atoms with Crippen LogP contribution in [0.25, 0.3) is 0 Å². The smallest absolute Gasteiger partial charge is 0.242 e. The molecule has 5 nitrogen and oxygen atoms in total. The number of aromatic nitrogens is 1. The fraction of sp³-hybridized carbons (Fsp3) is 0.214. The molecule has 0 unspecified atom stereocenters. The van der Waals surface area contributed by atoms with Crippen LogP contribution in [0.5, 0.6) is 0 Å². The predicted octanol–water partition coefficient (Wildman–Crippen LogP) is 2.28. The number of anilines is 1. The summed E-state index contributed by atoms with van der Waals surface area (Å²) in [5.74, 6) is 0.722. The van der Waals surface area contributed by atoms with Crippen molar-refractivity contribution < 1.29 is 8.42 Å². The molecule has 0 atom stereocenters. The normalized spacial score (nSPS) is 11.4. The number of hydrogen-bond donors (Lipinski definition) is 1. The third kappa shape index (κ3) is 3.72. The Morgan fingerprint density at radius 1 is 1.19 bits per heavy atom. The van der Waals surface area contributed by atoms with Crippen LogP contribution in [0.2, 0.25) is 5.02 Å². The monoisotopic (exact) mass is 325 g/mol. The van der Waals surface area contributed by atoms with Gasteiger partial charge in [-0.05, 0) is 18.2 Å². The van der Waals surface area contributed by atoms with Crippen LogP contribution in [0.3, 0.4) is 0 Å². The Morgan fingerprint density at radius 2 is 1.90 bits per heavy atom. The second-order valence-electron chi connectivity index (χ2n) is 4.64. The molecule has 21 heavy (non-hydrogen) atoms. The first-order chi connectivity index (χ1) is 9.92. The van der Waals surface area contributed by atoms with Gasteiger partial charge < -0.3 is 4.90 Å². The lowest BCUT2D eigenvalue weighted by molar-refractivity contribution is 0.581. The zero-order valence-corrected chi connectivity index (χ0v) is 13.3. The van der Waals surface area contributed by atoms with Crippen molar-refractivity contribution in [3.8, 4) is 0 Å². The van der Waals surface area contributed by atoms with Gasteiger partial charge in [-0.15, -0.1) is 0 Å². The van der Waals surface area contributed by atoms with Crippen LogP contribution in [0.1, 0.15) is 5.56 Å². The number of hydrogen-bond acceptors (Lipinski definition) is 4. The third-order valence-corrected chi connectivity index (χ3v) is 4.77. The molecule has 0 spiro atoms. The van der Waals surface area contributed by atoms with Crippen molar-refractivity contribution in [2.45, 2.75) is 11.4 Å². The van der Waals surface area contributed by atoms with Crippen molar-refractivity contribution in [2.75, 3.05) is 19.0 Å². The van der Waals surface area contributed by atoms with E-state index in [-0.39, 0.29) is 16.5 Å². The summed E-state index contributed by atoms with van der Waals surface area (Å²) in [5, 5.41) is 0.198. The highest BCUT2D eigenvalue weighted by molar-refractivity contribution is 7.89. The van der Waals surface area contributed by atoms with Crippen molar-refractivity contribution in [1.82, 2.24) is 9.71 Å². The van der Waals surface area contributed by atoms with Crippen molar-refractivity contribution in [3.63, 3.8) is 0 Å². The molecule has 2 rings (SSSR count). The summed E-state index contributed by atoms with van der Waals surface area (Å²) in [4.78, 5) is 6.14. The second-order valence-corrected chi connectivity index (χ2v) is 6.78. The minimum atomic E-state index is -3.66. The summed E-state index contributed by atoms with van der Waals surface area (Å²) in [6, 6.07) is 9.94. The topological polar surface area (TPSA) is 62.3 Å². The first-order valence-corrected chi connectivity index (χ1v) is 8.13. The van der Waals surface area contributed by atoms with E-state index in [1.807, 2.05) is 25.1 Å². The zero-order valence-electron chi connectivity index (χ0n) is 11.7. The van der Waals surface area contributed by atoms with Gasteiger partial charge in [0.05, 0.1) is 5.02 Å². The molecule has 1 aromatic heterocycles. The fourth-order valence-electron chi connectivity index (χ4n) is 1.88. The summed E-state index contributed by atoms with van der Waals surface area (Å²) in [7, 11) is 0.0513. The molecule has 0 aliphatic carbocycles. The minimum absolute atomic E-state index is 0.0713. The van der Waals surface area contributed by atoms with Gasteiger partial charge in [0.1, 0.15) is 10.7 Å². The molecule has 0 amide bonds. The summed E-state index contributed by atoms with van der Waals surface area (Å²) in [6.45, 7) is 0.148. The minimum Gasteiger partial charge on any atom is -0.362 e. The van der Waals surface area contributed by atoms with E-state index in [4.69, 9.17) is 11.6 Å². The Labute approximate surface area is 129 Å². The first kappa shape index (κ1) is 15.8. The number of sulfonamides is 1. The molecule has 0 radical (unpaired) electrons. The predicted molar refractivity (Wildman–Crippen MR) is 84.0 cm³/mol. The SMILES string of the molecule is CN(C)c1ncccc1CNS(=O)(=O)c1ccccc1Cl. The second kappa shape index (κ2) is 6.43. The molecular weight excluding hydrogens is 310 g/mol. The highest BCUT2D eigenvalue weighted by atomic mass is 35.5. The summed E-state index contributed by atoms with van der Waals surface area (Å²) >= 11 is 5.93. The van der Waals surface area contributed by atoms with E-state index in [0.717, 1.165) is 11.4 Å². The average molecular weight is 326 g/mol. The molecule has 7 heteroatoms. The molecule has 1 heterocycles. The van der Waals surface area contributed by atoms with Gasteiger partial charge in [-0.2, -0.15) is 0 Å². The van der Waals surface area contributed by atoms with Crippen LogP contribution in [-0.2, 0) is 16.6 Å². The lowest BCUT2D eigenvalue weighted by atomic mass is 10.2. The lowest BCUT2D eigenvalue weighted by Crippen LogP contribution is -2.25. The Morgan fingerprint density at radius 3 is 2.57 bits per heavy atom. The van der Waals surface area contributed by atoms with E-state index in [9.17, 15) is 8.42 Å². The van der Waals surface area contributed by atoms with E-state index in [0.29, 0.717) is 0 Å². The zero-order chi connectivity index (χ0) is 15.5. The molecule has 0 bridgehead atoms. The maximum Gasteiger partial charge on any atom is 0.242 e. The Bertz CT molecular complexity index is 733. The number of nitrogens with one attached hydrogen (secondary N) is 1. The average Bonchev–Trinajstić information content (AvgIpc) is 2.45. The first-order valence-electron chi connectivity index (χ1n) is 6.27. The van der Waals surface area contributed by atoms with Gasteiger partial charge in [-0.25, -0.2) is 18.1 Å². The highest BCUT2D eigenvalue weighted by Crippen LogP contribution is 2.21. The van der Waals surface area contributed by atoms with Gasteiger partial charge in [0.15, 0.2) is 0 Å². The largest absolute Gasteiger partial charge is 0.362 e. The van der Waals surface area contributed by atoms with Crippen LogP contribution in [0, 0.1) is 0 Å². The molecule has 2 aromatic rings. The van der Waals surface area contributed by atoms with Gasteiger partial charge in [0.2, 0.25) is 10.0 Å². The number of rotatable bonds is 5. The van der Waals surface area contributed by atoms with Crippen LogP contribution in [-0.4, -0.2) is 27.5 Å². The maximum absolute atomic E-state index is 12.3. The standard InChI is InChI=1S/C14H16ClN3O2S/c1-18(2)14-11(6-5-9-16-14)10-17-21(19,20)13-8-4-3-7-12(13)15/h3-9,17H,10H2,1-2H3. The summed E-state index contributed by atoms with van der Waals surface area (Å²) in [5.41, 5.74) is 0.790. The van der Waals surface area contributed by atoms with Gasteiger partial charge in [0, 0.05) is 32.4 Å². The maximum atomic E-state index is 12.3. The quantitative estimate of drug-likeness (QED) is 0.916. The Kier molecular flexibility index (Phi) is 4.82. The number of halogens is 1. The van der Waals surface area contributed by atoms with Crippen LogP contribution >= 0.6 is 11.6 Å². The highest BCUT2D eigenvalue weighted by Gasteiger charge is 2.18. The van der Waals surface area contributed by atoms with E-state index < -0.39 is 10.0 Å². The molecular formula is C14H16ClN3O2S. The molecule has 0 saturated heterocycles. The number of benzene rings is 1. The Hall–Kier alpha value is -1.63. The van der Waals surface area contributed by atoms with Crippen molar-refractivity contribution >= 4 is 27.4 Å². The summed E-state index contributed by atoms with van der Waals surface area (Å²) in [6.07, 6.45) is 1.67. The molecule has 0 saturated carbocycles. The van der Waals surface area contributed by atoms with E-state index in [2.05, 4.69) is 9.71 Å². The van der Waals surface area contributed by atoms with E-state index in [1.165, 1.54) is 6.07 Å². The molecule has 1 N–H and O–H groups in total. The van der Waals surface area contributed by atoms with Crippen molar-refractivity contribution in [1.29, 1.82) is 0 Å². The van der Waals surface area contributed by atoms with E-state index >= 15 is 0 Å². The van der Waals surface area contributed by atoms with Gasteiger partial charge in [0.25, 0.3) is 0 Å². The van der Waals surface area contributed by atoms with Gasteiger partial charge >= 0.3 is 0 Å². The van der Waals surface area contributed by atoms with Gasteiger partial charge in [-0.1, -0.05) is 29.8 Å². The van der Waals surface area contributed by atoms with Crippen LogP contribution in [0.15, 0.2) is 47.5 Å². The fourth-order valence-corrected chi connectivity index (χ4v) is 3.41. The summed E-state index contributed by atoms with van der Waals surface area (Å²) < 4.78 is 27.1. The Balaban J connectivity index is 2.22. The number of pyridine rings is 1. The molecule has 1 aromatic carbocycles. The third-order valence-electron chi connectivity index (χ3n) is 2.87. The van der Waals surface area contributed by atoms with Crippen molar-refractivity contribution in [2.24, 2.45) is 0 Å². The van der Waals surface area contributed by atoms with Crippen LogP contribution < -0.4 is 9.62 Å².